The van der Waals surface area contributed by atoms with E-state index in [2.05, 4.69) is 18.4 Å². The van der Waals surface area contributed by atoms with Crippen molar-refractivity contribution in [2.24, 2.45) is 5.73 Å². The Kier molecular flexibility index (Phi) is 35.2. The minimum absolute atomic E-state index is 0.0734. The molecule has 0 heterocycles. The fraction of sp³-hybridized carbons (Fsp3) is 0.955. The number of rotatable bonds is 42. The maximum absolute atomic E-state index is 14.0. The van der Waals surface area contributed by atoms with Crippen molar-refractivity contribution >= 4 is 27.6 Å². The van der Waals surface area contributed by atoms with Crippen LogP contribution in [0.1, 0.15) is 200 Å². The highest BCUT2D eigenvalue weighted by molar-refractivity contribution is 7.48. The van der Waals surface area contributed by atoms with E-state index < -0.39 is 83.5 Å². The molecule has 1 aliphatic rings. The number of carbonyl (C=O) groups excluding carboxylic acids is 2. The highest BCUT2D eigenvalue weighted by atomic mass is 31.2. The van der Waals surface area contributed by atoms with Crippen molar-refractivity contribution in [3.63, 3.8) is 0 Å². The Labute approximate surface area is 378 Å². The van der Waals surface area contributed by atoms with Crippen LogP contribution in [0.2, 0.25) is 0 Å². The van der Waals surface area contributed by atoms with Crippen LogP contribution in [0.25, 0.3) is 0 Å². The number of hydrogen-bond donors (Lipinski definition) is 7. The molecule has 0 bridgehead atoms. The monoisotopic (exact) mass is 948 g/mol. The van der Waals surface area contributed by atoms with Gasteiger partial charge in [0.2, 0.25) is 0 Å². The molecule has 0 aliphatic heterocycles. The zero-order chi connectivity index (χ0) is 46.8. The predicted octanol–water partition coefficient (Wildman–Crippen LogP) is 8.21. The third-order valence-electron chi connectivity index (χ3n) is 11.3. The summed E-state index contributed by atoms with van der Waals surface area (Å²) < 4.78 is 57.3. The molecule has 0 aromatic heterocycles. The summed E-state index contributed by atoms with van der Waals surface area (Å²) >= 11 is 0. The third-order valence-corrected chi connectivity index (χ3v) is 13.3. The largest absolute Gasteiger partial charge is 0.475 e. The summed E-state index contributed by atoms with van der Waals surface area (Å²) in [7, 11) is -10.3. The number of nitrogens with two attached hydrogens (primary N) is 1. The molecule has 8 atom stereocenters. The summed E-state index contributed by atoms with van der Waals surface area (Å²) in [6, 6.07) is 0. The molecule has 0 aromatic carbocycles. The molecule has 8 N–H and O–H groups in total. The van der Waals surface area contributed by atoms with Gasteiger partial charge in [-0.2, -0.15) is 0 Å². The van der Waals surface area contributed by atoms with Crippen molar-refractivity contribution in [3.8, 4) is 0 Å². The lowest BCUT2D eigenvalue weighted by atomic mass is 9.85. The van der Waals surface area contributed by atoms with Crippen LogP contribution in [0.5, 0.6) is 0 Å². The molecule has 0 saturated heterocycles. The van der Waals surface area contributed by atoms with Crippen LogP contribution in [-0.2, 0) is 46.3 Å². The Balaban J connectivity index is 2.81. The molecule has 19 heteroatoms. The molecule has 63 heavy (non-hydrogen) atoms. The fourth-order valence-corrected chi connectivity index (χ4v) is 9.48. The van der Waals surface area contributed by atoms with Gasteiger partial charge in [0.25, 0.3) is 0 Å². The summed E-state index contributed by atoms with van der Waals surface area (Å²) in [6.07, 6.45) is 15.7. The van der Waals surface area contributed by atoms with Crippen LogP contribution in [0, 0.1) is 0 Å². The molecule has 1 fully saturated rings. The van der Waals surface area contributed by atoms with Crippen molar-refractivity contribution in [2.45, 2.75) is 243 Å². The van der Waals surface area contributed by atoms with Crippen molar-refractivity contribution in [3.05, 3.63) is 0 Å². The predicted molar refractivity (Wildman–Crippen MR) is 240 cm³/mol. The number of phosphoric acid groups is 2. The van der Waals surface area contributed by atoms with Gasteiger partial charge in [-0.3, -0.25) is 27.7 Å². The van der Waals surface area contributed by atoms with Crippen LogP contribution >= 0.6 is 15.6 Å². The zero-order valence-electron chi connectivity index (χ0n) is 38.6. The Morgan fingerprint density at radius 3 is 1.32 bits per heavy atom. The second-order valence-corrected chi connectivity index (χ2v) is 19.9. The van der Waals surface area contributed by atoms with Gasteiger partial charge < -0.3 is 45.4 Å². The van der Waals surface area contributed by atoms with Gasteiger partial charge in [0, 0.05) is 12.8 Å². The van der Waals surface area contributed by atoms with Gasteiger partial charge in [0.05, 0.1) is 13.2 Å². The molecular formula is C44H87NO16P2. The number of unbranched alkanes of at least 4 members (excludes halogenated alkanes) is 24. The van der Waals surface area contributed by atoms with E-state index in [1.54, 1.807) is 0 Å². The molecule has 0 spiro atoms. The lowest BCUT2D eigenvalue weighted by Gasteiger charge is -2.43. The second kappa shape index (κ2) is 37.0. The smallest absolute Gasteiger partial charge is 0.462 e. The SMILES string of the molecule is CCCCCCCCCCCCCCCC(=O)OC[C@@H](COP(=O)(OCCCN)O[C@@H]1[C@H](O)[C@H](OP(=O)(O)O)[C@@H](O)[C@H](O)[C@H]1O)OC(=O)CCCCCCCCCCCCCCC. The maximum Gasteiger partial charge on any atom is 0.475 e. The normalized spacial score (nSPS) is 21.9. The zero-order valence-corrected chi connectivity index (χ0v) is 40.4. The molecular weight excluding hydrogens is 860 g/mol. The number of aliphatic hydroxyl groups is 4. The first-order chi connectivity index (χ1) is 30.2. The van der Waals surface area contributed by atoms with E-state index in [4.69, 9.17) is 28.8 Å². The highest BCUT2D eigenvalue weighted by Crippen LogP contribution is 2.53. The average Bonchev–Trinajstić information content (AvgIpc) is 3.24. The number of ether oxygens (including phenoxy) is 2. The minimum atomic E-state index is -5.36. The summed E-state index contributed by atoms with van der Waals surface area (Å²) in [6.45, 7) is 3.04. The number of esters is 2. The third kappa shape index (κ3) is 30.1. The van der Waals surface area contributed by atoms with E-state index in [0.717, 1.165) is 51.4 Å². The second-order valence-electron chi connectivity index (χ2n) is 17.1. The quantitative estimate of drug-likeness (QED) is 0.0172. The average molecular weight is 948 g/mol. The van der Waals surface area contributed by atoms with Crippen LogP contribution in [-0.4, -0.2) is 111 Å². The van der Waals surface area contributed by atoms with Crippen molar-refractivity contribution in [1.29, 1.82) is 0 Å². The van der Waals surface area contributed by atoms with Crippen molar-refractivity contribution in [1.82, 2.24) is 0 Å². The highest BCUT2D eigenvalue weighted by Gasteiger charge is 2.54. The Hall–Kier alpha value is -1.04. The van der Waals surface area contributed by atoms with E-state index in [1.165, 1.54) is 103 Å². The molecule has 1 saturated carbocycles. The van der Waals surface area contributed by atoms with Crippen LogP contribution in [0.3, 0.4) is 0 Å². The van der Waals surface area contributed by atoms with Gasteiger partial charge in [-0.25, -0.2) is 9.13 Å². The van der Waals surface area contributed by atoms with E-state index in [9.17, 15) is 48.9 Å². The van der Waals surface area contributed by atoms with Gasteiger partial charge in [-0.1, -0.05) is 168 Å². The number of aliphatic hydroxyl groups excluding tert-OH is 4. The van der Waals surface area contributed by atoms with Crippen LogP contribution in [0.15, 0.2) is 0 Å². The number of hydrogen-bond acceptors (Lipinski definition) is 15. The summed E-state index contributed by atoms with van der Waals surface area (Å²) in [5, 5.41) is 42.2. The topological polar surface area (TPSA) is 271 Å². The Morgan fingerprint density at radius 2 is 0.905 bits per heavy atom. The maximum atomic E-state index is 14.0. The standard InChI is InChI=1S/C44H87NO16P2/c1-3-5-7-9-11-13-15-17-19-21-23-25-27-30-37(46)56-34-36(59-38(47)31-28-26-24-22-20-18-16-14-12-10-8-6-4-2)35-58-63(55,57-33-29-32-45)61-44-41(50)39(48)40(49)43(42(44)51)60-62(52,53)54/h36,39-44,48-51H,3-35,45H2,1-2H3,(H2,52,53,54)/t36-,39-,40-,41+,42+,43+,44-,63?/m0/s1. The van der Waals surface area contributed by atoms with Gasteiger partial charge in [-0.15, -0.1) is 0 Å². The molecule has 1 aliphatic carbocycles. The first-order valence-electron chi connectivity index (χ1n) is 24.3. The lowest BCUT2D eigenvalue weighted by Crippen LogP contribution is -2.64. The van der Waals surface area contributed by atoms with Crippen molar-refractivity contribution in [2.75, 3.05) is 26.4 Å². The van der Waals surface area contributed by atoms with Crippen LogP contribution in [0.4, 0.5) is 0 Å². The number of phosphoric ester groups is 2. The van der Waals surface area contributed by atoms with Gasteiger partial charge in [0.1, 0.15) is 43.2 Å². The Morgan fingerprint density at radius 1 is 0.508 bits per heavy atom. The van der Waals surface area contributed by atoms with E-state index >= 15 is 0 Å². The Bertz CT molecular complexity index is 1240. The summed E-state index contributed by atoms with van der Waals surface area (Å²) in [5.41, 5.74) is 5.56. The van der Waals surface area contributed by atoms with E-state index in [-0.39, 0.29) is 32.4 Å². The fourth-order valence-electron chi connectivity index (χ4n) is 7.46. The molecule has 1 rings (SSSR count). The van der Waals surface area contributed by atoms with Gasteiger partial charge >= 0.3 is 27.6 Å². The van der Waals surface area contributed by atoms with Crippen molar-refractivity contribution < 1.29 is 76.5 Å². The van der Waals surface area contributed by atoms with Crippen LogP contribution < -0.4 is 5.73 Å². The van der Waals surface area contributed by atoms with Gasteiger partial charge in [-0.05, 0) is 25.8 Å². The first-order valence-corrected chi connectivity index (χ1v) is 27.3. The molecule has 1 unspecified atom stereocenters. The minimum Gasteiger partial charge on any atom is -0.462 e. The summed E-state index contributed by atoms with van der Waals surface area (Å²) in [5.74, 6) is -1.13. The molecule has 374 valence electrons. The van der Waals surface area contributed by atoms with E-state index in [1.807, 2.05) is 0 Å². The lowest BCUT2D eigenvalue weighted by molar-refractivity contribution is -0.217. The molecule has 0 aromatic rings. The molecule has 0 radical (unpaired) electrons. The summed E-state index contributed by atoms with van der Waals surface area (Å²) in [4.78, 5) is 44.4. The first kappa shape index (κ1) is 60.0. The molecule has 17 nitrogen and oxygen atoms in total. The van der Waals surface area contributed by atoms with Gasteiger partial charge in [0.15, 0.2) is 6.10 Å². The van der Waals surface area contributed by atoms with E-state index in [0.29, 0.717) is 12.8 Å². The number of carbonyl (C=O) groups is 2. The molecule has 0 amide bonds.